The fraction of sp³-hybridized carbons (Fsp3) is 0.250. The molecule has 0 saturated heterocycles. The second-order valence-corrected chi connectivity index (χ2v) is 6.52. The minimum Gasteiger partial charge on any atom is -0.392 e. The number of aliphatic hydroxyl groups excluding tert-OH is 1. The number of benzene rings is 2. The van der Waals surface area contributed by atoms with Crippen LogP contribution in [0.25, 0.3) is 11.1 Å². The Bertz CT molecular complexity index is 646. The molecule has 0 fully saturated rings. The minimum atomic E-state index is -3.45. The van der Waals surface area contributed by atoms with E-state index in [2.05, 4.69) is 0 Å². The number of hydrogen-bond donors (Lipinski definition) is 1. The molecule has 0 unspecified atom stereocenters. The van der Waals surface area contributed by atoms with Gasteiger partial charge in [-0.05, 0) is 28.3 Å². The third kappa shape index (κ3) is 4.26. The van der Waals surface area contributed by atoms with Crippen LogP contribution in [-0.2, 0) is 31.4 Å². The maximum absolute atomic E-state index is 11.8. The molecule has 0 bridgehead atoms. The quantitative estimate of drug-likeness (QED) is 0.786. The lowest BCUT2D eigenvalue weighted by Gasteiger charge is -2.13. The maximum atomic E-state index is 11.8. The molecule has 2 rings (SSSR count). The van der Waals surface area contributed by atoms with E-state index in [1.54, 1.807) is 0 Å². The predicted octanol–water partition coefficient (Wildman–Crippen LogP) is 3.76. The molecular weight excluding hydrogens is 303 g/mol. The van der Waals surface area contributed by atoms with Crippen LogP contribution in [0.2, 0.25) is 0 Å². The number of hydrogen-bond acceptors (Lipinski definition) is 5. The highest BCUT2D eigenvalue weighted by Crippen LogP contribution is 2.48. The minimum absolute atomic E-state index is 0.0169. The zero-order chi connectivity index (χ0) is 16.0. The van der Waals surface area contributed by atoms with E-state index in [0.717, 1.165) is 22.3 Å². The van der Waals surface area contributed by atoms with Gasteiger partial charge in [-0.15, -0.1) is 0 Å². The van der Waals surface area contributed by atoms with Gasteiger partial charge in [0.05, 0.1) is 13.2 Å². The molecule has 0 aliphatic rings. The number of phosphoric ester groups is 1. The summed E-state index contributed by atoms with van der Waals surface area (Å²) in [4.78, 5) is 0. The summed E-state index contributed by atoms with van der Waals surface area (Å²) in [5.74, 6) is 0. The summed E-state index contributed by atoms with van der Waals surface area (Å²) in [5, 5.41) is 9.18. The Kier molecular flexibility index (Phi) is 5.89. The van der Waals surface area contributed by atoms with Crippen LogP contribution >= 0.6 is 7.82 Å². The topological polar surface area (TPSA) is 65.0 Å². The van der Waals surface area contributed by atoms with Crippen LogP contribution in [0, 0.1) is 0 Å². The molecule has 22 heavy (non-hydrogen) atoms. The monoisotopic (exact) mass is 322 g/mol. The fourth-order valence-electron chi connectivity index (χ4n) is 1.98. The molecule has 0 aliphatic heterocycles. The average molecular weight is 322 g/mol. The highest BCUT2D eigenvalue weighted by atomic mass is 31.2. The molecule has 0 heterocycles. The van der Waals surface area contributed by atoms with Gasteiger partial charge in [0, 0.05) is 14.2 Å². The van der Waals surface area contributed by atoms with Crippen molar-refractivity contribution < 1.29 is 23.2 Å². The Morgan fingerprint density at radius 2 is 1.64 bits per heavy atom. The van der Waals surface area contributed by atoms with Gasteiger partial charge in [0.25, 0.3) is 0 Å². The summed E-state index contributed by atoms with van der Waals surface area (Å²) in [6.45, 7) is 0.152. The van der Waals surface area contributed by atoms with E-state index in [0.29, 0.717) is 0 Å². The smallest absolute Gasteiger partial charge is 0.392 e. The molecule has 5 nitrogen and oxygen atoms in total. The first-order valence-corrected chi connectivity index (χ1v) is 8.21. The summed E-state index contributed by atoms with van der Waals surface area (Å²) in [6, 6.07) is 15.4. The van der Waals surface area contributed by atoms with Crippen molar-refractivity contribution in [3.05, 3.63) is 59.7 Å². The Morgan fingerprint density at radius 1 is 0.955 bits per heavy atom. The average Bonchev–Trinajstić information content (AvgIpc) is 2.60. The first-order chi connectivity index (χ1) is 10.6. The summed E-state index contributed by atoms with van der Waals surface area (Å²) < 4.78 is 26.4. The molecule has 0 atom stereocenters. The molecule has 1 N–H and O–H groups in total. The lowest BCUT2D eigenvalue weighted by atomic mass is 10.0. The molecule has 0 saturated carbocycles. The zero-order valence-electron chi connectivity index (χ0n) is 12.6. The van der Waals surface area contributed by atoms with E-state index in [4.69, 9.17) is 13.6 Å². The van der Waals surface area contributed by atoms with Gasteiger partial charge in [0.2, 0.25) is 0 Å². The molecule has 2 aromatic carbocycles. The Balaban J connectivity index is 2.08. The number of rotatable bonds is 7. The third-order valence-electron chi connectivity index (χ3n) is 3.23. The Hall–Kier alpha value is -1.49. The lowest BCUT2D eigenvalue weighted by molar-refractivity contribution is 0.146. The van der Waals surface area contributed by atoms with Gasteiger partial charge in [0.1, 0.15) is 0 Å². The molecule has 118 valence electrons. The van der Waals surface area contributed by atoms with Gasteiger partial charge in [-0.2, -0.15) is 0 Å². The largest absolute Gasteiger partial charge is 0.474 e. The molecule has 0 amide bonds. The van der Waals surface area contributed by atoms with Crippen LogP contribution in [0.4, 0.5) is 0 Å². The summed E-state index contributed by atoms with van der Waals surface area (Å²) in [6.07, 6.45) is 0. The van der Waals surface area contributed by atoms with Crippen LogP contribution in [0.3, 0.4) is 0 Å². The van der Waals surface area contributed by atoms with Crippen LogP contribution in [-0.4, -0.2) is 19.3 Å². The summed E-state index contributed by atoms with van der Waals surface area (Å²) >= 11 is 0. The van der Waals surface area contributed by atoms with E-state index in [9.17, 15) is 9.67 Å². The number of aliphatic hydroxyl groups is 1. The van der Waals surface area contributed by atoms with Crippen molar-refractivity contribution in [3.8, 4) is 11.1 Å². The lowest BCUT2D eigenvalue weighted by Crippen LogP contribution is -1.95. The molecule has 6 heteroatoms. The van der Waals surface area contributed by atoms with Gasteiger partial charge in [-0.1, -0.05) is 42.5 Å². The van der Waals surface area contributed by atoms with E-state index < -0.39 is 7.82 Å². The van der Waals surface area contributed by atoms with Crippen molar-refractivity contribution >= 4 is 7.82 Å². The SMILES string of the molecule is COP(=O)(OC)OCc1ccc(-c2cccc(CO)c2)cc1. The van der Waals surface area contributed by atoms with E-state index in [1.165, 1.54) is 14.2 Å². The zero-order valence-corrected chi connectivity index (χ0v) is 13.5. The van der Waals surface area contributed by atoms with Crippen LogP contribution in [0.15, 0.2) is 48.5 Å². The Morgan fingerprint density at radius 3 is 2.23 bits per heavy atom. The summed E-state index contributed by atoms with van der Waals surface area (Å²) in [5.41, 5.74) is 3.78. The van der Waals surface area contributed by atoms with Crippen molar-refractivity contribution in [2.24, 2.45) is 0 Å². The highest BCUT2D eigenvalue weighted by Gasteiger charge is 2.22. The molecule has 2 aromatic rings. The van der Waals surface area contributed by atoms with Crippen LogP contribution < -0.4 is 0 Å². The van der Waals surface area contributed by atoms with Crippen LogP contribution in [0.5, 0.6) is 0 Å². The van der Waals surface area contributed by atoms with Gasteiger partial charge in [-0.3, -0.25) is 13.6 Å². The molecule has 0 radical (unpaired) electrons. The standard InChI is InChI=1S/C16H19O5P/c1-19-22(18,20-2)21-12-13-6-8-15(9-7-13)16-5-3-4-14(10-16)11-17/h3-10,17H,11-12H2,1-2H3. The second kappa shape index (κ2) is 7.68. The first-order valence-electron chi connectivity index (χ1n) is 6.75. The van der Waals surface area contributed by atoms with Gasteiger partial charge in [-0.25, -0.2) is 4.57 Å². The van der Waals surface area contributed by atoms with Crippen molar-refractivity contribution in [2.45, 2.75) is 13.2 Å². The normalized spacial score (nSPS) is 11.6. The van der Waals surface area contributed by atoms with Gasteiger partial charge >= 0.3 is 7.82 Å². The highest BCUT2D eigenvalue weighted by molar-refractivity contribution is 7.48. The van der Waals surface area contributed by atoms with Crippen LogP contribution in [0.1, 0.15) is 11.1 Å². The van der Waals surface area contributed by atoms with E-state index in [-0.39, 0.29) is 13.2 Å². The molecule has 0 spiro atoms. The number of phosphoric acid groups is 1. The van der Waals surface area contributed by atoms with Gasteiger partial charge < -0.3 is 5.11 Å². The molecular formula is C16H19O5P. The third-order valence-corrected chi connectivity index (χ3v) is 4.57. The van der Waals surface area contributed by atoms with Gasteiger partial charge in [0.15, 0.2) is 0 Å². The molecule has 0 aromatic heterocycles. The van der Waals surface area contributed by atoms with Crippen molar-refractivity contribution in [2.75, 3.05) is 14.2 Å². The van der Waals surface area contributed by atoms with Crippen molar-refractivity contribution in [1.29, 1.82) is 0 Å². The van der Waals surface area contributed by atoms with Crippen molar-refractivity contribution in [1.82, 2.24) is 0 Å². The van der Waals surface area contributed by atoms with E-state index >= 15 is 0 Å². The first kappa shape index (κ1) is 16.9. The van der Waals surface area contributed by atoms with E-state index in [1.807, 2.05) is 48.5 Å². The Labute approximate surface area is 130 Å². The maximum Gasteiger partial charge on any atom is 0.474 e. The molecule has 0 aliphatic carbocycles. The predicted molar refractivity (Wildman–Crippen MR) is 84.2 cm³/mol. The van der Waals surface area contributed by atoms with Crippen molar-refractivity contribution in [3.63, 3.8) is 0 Å². The summed E-state index contributed by atoms with van der Waals surface area (Å²) in [7, 11) is -0.896. The fourth-order valence-corrected chi connectivity index (χ4v) is 2.64. The second-order valence-electron chi connectivity index (χ2n) is 4.64.